The summed E-state index contributed by atoms with van der Waals surface area (Å²) in [6, 6.07) is 7.33. The second-order valence-corrected chi connectivity index (χ2v) is 4.02. The number of hydrogen-bond donors (Lipinski definition) is 1. The van der Waals surface area contributed by atoms with E-state index in [1.54, 1.807) is 6.07 Å². The number of rotatable bonds is 4. The zero-order valence-corrected chi connectivity index (χ0v) is 10.00. The molecule has 0 aliphatic rings. The van der Waals surface area contributed by atoms with Crippen LogP contribution in [-0.2, 0) is 13.2 Å². The van der Waals surface area contributed by atoms with Gasteiger partial charge in [0, 0.05) is 30.3 Å². The highest BCUT2D eigenvalue weighted by Crippen LogP contribution is 2.18. The Morgan fingerprint density at radius 1 is 0.947 bits per heavy atom. The molecule has 2 nitrogen and oxygen atoms in total. The highest BCUT2D eigenvalue weighted by Gasteiger charge is 2.06. The lowest BCUT2D eigenvalue weighted by Gasteiger charge is -2.08. The van der Waals surface area contributed by atoms with Crippen LogP contribution in [0.4, 0.5) is 13.2 Å². The van der Waals surface area contributed by atoms with Crippen molar-refractivity contribution in [2.75, 3.05) is 0 Å². The van der Waals surface area contributed by atoms with Gasteiger partial charge in [0.25, 0.3) is 0 Å². The van der Waals surface area contributed by atoms with Crippen LogP contribution in [0.15, 0.2) is 36.4 Å². The first-order chi connectivity index (χ1) is 9.08. The second-order valence-electron chi connectivity index (χ2n) is 4.02. The number of nitrogens with two attached hydrogens (primary N) is 1. The first kappa shape index (κ1) is 13.4. The first-order valence-electron chi connectivity index (χ1n) is 5.65. The van der Waals surface area contributed by atoms with Gasteiger partial charge in [-0.2, -0.15) is 0 Å². The molecule has 2 aromatic rings. The van der Waals surface area contributed by atoms with E-state index in [-0.39, 0.29) is 18.9 Å². The first-order valence-corrected chi connectivity index (χ1v) is 5.65. The van der Waals surface area contributed by atoms with Crippen LogP contribution in [0.25, 0.3) is 0 Å². The lowest BCUT2D eigenvalue weighted by atomic mass is 10.1. The number of ether oxygens (including phenoxy) is 1. The Hall–Kier alpha value is -2.01. The second kappa shape index (κ2) is 5.75. The molecule has 0 aliphatic carbocycles. The average molecular weight is 267 g/mol. The molecule has 0 bridgehead atoms. The normalized spacial score (nSPS) is 10.5. The van der Waals surface area contributed by atoms with E-state index in [0.717, 1.165) is 18.2 Å². The van der Waals surface area contributed by atoms with Crippen molar-refractivity contribution in [2.45, 2.75) is 13.2 Å². The van der Waals surface area contributed by atoms with Crippen molar-refractivity contribution in [3.8, 4) is 5.75 Å². The molecular formula is C14H12F3NO. The van der Waals surface area contributed by atoms with Crippen LogP contribution in [-0.4, -0.2) is 0 Å². The molecule has 0 aliphatic heterocycles. The zero-order valence-electron chi connectivity index (χ0n) is 10.00. The van der Waals surface area contributed by atoms with Crippen molar-refractivity contribution in [1.82, 2.24) is 0 Å². The Morgan fingerprint density at radius 3 is 2.21 bits per heavy atom. The van der Waals surface area contributed by atoms with E-state index in [0.29, 0.717) is 11.1 Å². The quantitative estimate of drug-likeness (QED) is 0.923. The SMILES string of the molecule is NCc1ccc(COc2cc(F)cc(F)c2)c(F)c1. The van der Waals surface area contributed by atoms with Gasteiger partial charge in [-0.25, -0.2) is 13.2 Å². The van der Waals surface area contributed by atoms with Crippen LogP contribution in [0.3, 0.4) is 0 Å². The Labute approximate surface area is 108 Å². The molecule has 0 atom stereocenters. The van der Waals surface area contributed by atoms with E-state index in [1.165, 1.54) is 12.1 Å². The van der Waals surface area contributed by atoms with E-state index < -0.39 is 17.5 Å². The maximum Gasteiger partial charge on any atom is 0.130 e. The molecule has 0 saturated carbocycles. The van der Waals surface area contributed by atoms with E-state index in [4.69, 9.17) is 10.5 Å². The van der Waals surface area contributed by atoms with E-state index >= 15 is 0 Å². The molecule has 100 valence electrons. The molecule has 0 radical (unpaired) electrons. The molecule has 0 heterocycles. The highest BCUT2D eigenvalue weighted by atomic mass is 19.1. The summed E-state index contributed by atoms with van der Waals surface area (Å²) < 4.78 is 44.6. The molecule has 5 heteroatoms. The van der Waals surface area contributed by atoms with Crippen molar-refractivity contribution in [1.29, 1.82) is 0 Å². The van der Waals surface area contributed by atoms with Gasteiger partial charge in [-0.05, 0) is 11.6 Å². The smallest absolute Gasteiger partial charge is 0.130 e. The maximum absolute atomic E-state index is 13.6. The van der Waals surface area contributed by atoms with Crippen molar-refractivity contribution in [3.63, 3.8) is 0 Å². The van der Waals surface area contributed by atoms with Crippen LogP contribution < -0.4 is 10.5 Å². The third-order valence-corrected chi connectivity index (χ3v) is 2.58. The molecule has 0 aromatic heterocycles. The van der Waals surface area contributed by atoms with Gasteiger partial charge in [-0.3, -0.25) is 0 Å². The van der Waals surface area contributed by atoms with Gasteiger partial charge in [0.15, 0.2) is 0 Å². The minimum Gasteiger partial charge on any atom is -0.489 e. The van der Waals surface area contributed by atoms with Gasteiger partial charge in [-0.1, -0.05) is 12.1 Å². The summed E-state index contributed by atoms with van der Waals surface area (Å²) in [4.78, 5) is 0. The predicted octanol–water partition coefficient (Wildman–Crippen LogP) is 3.14. The largest absolute Gasteiger partial charge is 0.489 e. The summed E-state index contributed by atoms with van der Waals surface area (Å²) in [5.41, 5.74) is 6.34. The fourth-order valence-corrected chi connectivity index (χ4v) is 1.61. The third-order valence-electron chi connectivity index (χ3n) is 2.58. The van der Waals surface area contributed by atoms with Gasteiger partial charge >= 0.3 is 0 Å². The van der Waals surface area contributed by atoms with Gasteiger partial charge in [-0.15, -0.1) is 0 Å². The molecular weight excluding hydrogens is 255 g/mol. The fourth-order valence-electron chi connectivity index (χ4n) is 1.61. The van der Waals surface area contributed by atoms with Crippen LogP contribution >= 0.6 is 0 Å². The summed E-state index contributed by atoms with van der Waals surface area (Å²) in [6.07, 6.45) is 0. The van der Waals surface area contributed by atoms with E-state index in [9.17, 15) is 13.2 Å². The highest BCUT2D eigenvalue weighted by molar-refractivity contribution is 5.26. The molecule has 2 N–H and O–H groups in total. The van der Waals surface area contributed by atoms with E-state index in [2.05, 4.69) is 0 Å². The van der Waals surface area contributed by atoms with Crippen LogP contribution in [0, 0.1) is 17.5 Å². The average Bonchev–Trinajstić information content (AvgIpc) is 2.36. The predicted molar refractivity (Wildman–Crippen MR) is 65.0 cm³/mol. The van der Waals surface area contributed by atoms with Crippen LogP contribution in [0.2, 0.25) is 0 Å². The van der Waals surface area contributed by atoms with Gasteiger partial charge < -0.3 is 10.5 Å². The van der Waals surface area contributed by atoms with Crippen LogP contribution in [0.5, 0.6) is 5.75 Å². The lowest BCUT2D eigenvalue weighted by molar-refractivity contribution is 0.296. The third kappa shape index (κ3) is 3.48. The number of halogens is 3. The summed E-state index contributed by atoms with van der Waals surface area (Å²) >= 11 is 0. The van der Waals surface area contributed by atoms with Crippen molar-refractivity contribution < 1.29 is 17.9 Å². The summed E-state index contributed by atoms with van der Waals surface area (Å²) in [5.74, 6) is -1.93. The Balaban J connectivity index is 2.10. The van der Waals surface area contributed by atoms with E-state index in [1.807, 2.05) is 0 Å². The van der Waals surface area contributed by atoms with Crippen LogP contribution in [0.1, 0.15) is 11.1 Å². The minimum atomic E-state index is -0.742. The monoisotopic (exact) mass is 267 g/mol. The molecule has 0 spiro atoms. The molecule has 0 unspecified atom stereocenters. The van der Waals surface area contributed by atoms with Crippen molar-refractivity contribution in [3.05, 3.63) is 65.0 Å². The summed E-state index contributed by atoms with van der Waals surface area (Å²) in [6.45, 7) is 0.132. The maximum atomic E-state index is 13.6. The molecule has 0 saturated heterocycles. The standard InChI is InChI=1S/C14H12F3NO/c15-11-4-12(16)6-13(5-11)19-8-10-2-1-9(7-18)3-14(10)17/h1-6H,7-8,18H2. The molecule has 2 rings (SSSR count). The lowest BCUT2D eigenvalue weighted by Crippen LogP contribution is -2.02. The topological polar surface area (TPSA) is 35.2 Å². The number of hydrogen-bond acceptors (Lipinski definition) is 2. The van der Waals surface area contributed by atoms with Gasteiger partial charge in [0.2, 0.25) is 0 Å². The fraction of sp³-hybridized carbons (Fsp3) is 0.143. The zero-order chi connectivity index (χ0) is 13.8. The minimum absolute atomic E-state index is 0.0137. The molecule has 19 heavy (non-hydrogen) atoms. The number of benzene rings is 2. The molecule has 0 amide bonds. The molecule has 0 fully saturated rings. The van der Waals surface area contributed by atoms with Crippen molar-refractivity contribution >= 4 is 0 Å². The summed E-state index contributed by atoms with van der Waals surface area (Å²) in [5, 5.41) is 0. The van der Waals surface area contributed by atoms with Gasteiger partial charge in [0.1, 0.15) is 29.8 Å². The Morgan fingerprint density at radius 2 is 1.63 bits per heavy atom. The Bertz CT molecular complexity index is 567. The van der Waals surface area contributed by atoms with Gasteiger partial charge in [0.05, 0.1) is 0 Å². The van der Waals surface area contributed by atoms with Crippen molar-refractivity contribution in [2.24, 2.45) is 5.73 Å². The molecule has 2 aromatic carbocycles. The summed E-state index contributed by atoms with van der Waals surface area (Å²) in [7, 11) is 0. The Kier molecular flexibility index (Phi) is 4.06.